The fourth-order valence-electron chi connectivity index (χ4n) is 4.91. The van der Waals surface area contributed by atoms with E-state index in [1.54, 1.807) is 25.3 Å². The van der Waals surface area contributed by atoms with Gasteiger partial charge in [-0.15, -0.1) is 0 Å². The first-order valence-corrected chi connectivity index (χ1v) is 13.3. The van der Waals surface area contributed by atoms with Gasteiger partial charge in [0.1, 0.15) is 23.0 Å². The van der Waals surface area contributed by atoms with Gasteiger partial charge in [0.2, 0.25) is 0 Å². The third kappa shape index (κ3) is 5.69. The first kappa shape index (κ1) is 28.7. The molecule has 7 nitrogen and oxygen atoms in total. The Morgan fingerprint density at radius 1 is 0.925 bits per heavy atom. The quantitative estimate of drug-likeness (QED) is 0.201. The third-order valence-electron chi connectivity index (χ3n) is 6.96. The highest BCUT2D eigenvalue weighted by Crippen LogP contribution is 2.43. The summed E-state index contributed by atoms with van der Waals surface area (Å²) in [7, 11) is 3.07. The van der Waals surface area contributed by atoms with Crippen LogP contribution in [0.3, 0.4) is 0 Å². The van der Waals surface area contributed by atoms with E-state index in [0.717, 1.165) is 11.1 Å². The molecule has 1 heterocycles. The number of carbonyl (C=O) groups excluding carboxylic acids is 2. The Hall–Kier alpha value is -4.26. The number of Topliss-reactive ketones (excluding diaryl/α,β-unsaturated/α-hetero) is 1. The van der Waals surface area contributed by atoms with Crippen LogP contribution >= 0.6 is 0 Å². The van der Waals surface area contributed by atoms with Crippen molar-refractivity contribution >= 4 is 17.4 Å². The minimum Gasteiger partial charge on any atom is -0.507 e. The molecular formula is C33H37NO6. The van der Waals surface area contributed by atoms with Crippen molar-refractivity contribution < 1.29 is 28.9 Å². The van der Waals surface area contributed by atoms with Gasteiger partial charge in [0, 0.05) is 5.56 Å². The Bertz CT molecular complexity index is 1430. The number of hydrogen-bond donors (Lipinski definition) is 1. The van der Waals surface area contributed by atoms with E-state index in [-0.39, 0.29) is 29.4 Å². The Balaban J connectivity index is 1.91. The molecule has 0 spiro atoms. The predicted molar refractivity (Wildman–Crippen MR) is 155 cm³/mol. The van der Waals surface area contributed by atoms with Crippen LogP contribution < -0.4 is 14.2 Å². The Morgan fingerprint density at radius 2 is 1.57 bits per heavy atom. The molecule has 3 aromatic carbocycles. The molecule has 0 saturated carbocycles. The zero-order valence-corrected chi connectivity index (χ0v) is 24.1. The lowest BCUT2D eigenvalue weighted by atomic mass is 9.85. The third-order valence-corrected chi connectivity index (χ3v) is 6.96. The number of rotatable bonds is 8. The Kier molecular flexibility index (Phi) is 8.24. The molecule has 40 heavy (non-hydrogen) atoms. The monoisotopic (exact) mass is 543 g/mol. The van der Waals surface area contributed by atoms with Gasteiger partial charge in [-0.2, -0.15) is 0 Å². The van der Waals surface area contributed by atoms with Gasteiger partial charge in [0.25, 0.3) is 11.7 Å². The van der Waals surface area contributed by atoms with Crippen molar-refractivity contribution in [3.8, 4) is 17.2 Å². The van der Waals surface area contributed by atoms with Gasteiger partial charge in [-0.05, 0) is 60.7 Å². The van der Waals surface area contributed by atoms with E-state index in [1.165, 1.54) is 12.0 Å². The fraction of sp³-hybridized carbons (Fsp3) is 0.333. The van der Waals surface area contributed by atoms with Crippen LogP contribution in [-0.4, -0.2) is 42.0 Å². The molecular weight excluding hydrogens is 506 g/mol. The normalized spacial score (nSPS) is 16.9. The number of ether oxygens (including phenoxy) is 3. The molecule has 210 valence electrons. The van der Waals surface area contributed by atoms with Gasteiger partial charge in [-0.25, -0.2) is 0 Å². The number of ketones is 1. The molecule has 1 aliphatic rings. The first-order chi connectivity index (χ1) is 19.0. The summed E-state index contributed by atoms with van der Waals surface area (Å²) in [6, 6.07) is 19.3. The maximum absolute atomic E-state index is 13.6. The van der Waals surface area contributed by atoms with Crippen molar-refractivity contribution in [2.75, 3.05) is 14.2 Å². The van der Waals surface area contributed by atoms with Crippen LogP contribution in [0.5, 0.6) is 17.2 Å². The highest BCUT2D eigenvalue weighted by Gasteiger charge is 2.46. The minimum absolute atomic E-state index is 0.00165. The molecule has 4 rings (SSSR count). The lowest BCUT2D eigenvalue weighted by Crippen LogP contribution is -2.29. The van der Waals surface area contributed by atoms with Crippen LogP contribution in [0.2, 0.25) is 0 Å². The summed E-state index contributed by atoms with van der Waals surface area (Å²) in [6.45, 7) is 10.2. The molecule has 1 amide bonds. The number of carbonyl (C=O) groups is 2. The summed E-state index contributed by atoms with van der Waals surface area (Å²) < 4.78 is 16.9. The van der Waals surface area contributed by atoms with Crippen LogP contribution in [0.1, 0.15) is 62.9 Å². The average molecular weight is 544 g/mol. The molecule has 7 heteroatoms. The number of nitrogens with zero attached hydrogens (tertiary/aromatic N) is 1. The van der Waals surface area contributed by atoms with Crippen molar-refractivity contribution in [1.82, 2.24) is 4.90 Å². The fourth-order valence-corrected chi connectivity index (χ4v) is 4.91. The number of para-hydroxylation sites is 1. The molecule has 1 unspecified atom stereocenters. The lowest BCUT2D eigenvalue weighted by molar-refractivity contribution is -0.140. The number of amides is 1. The molecule has 0 bridgehead atoms. The highest BCUT2D eigenvalue weighted by atomic mass is 16.5. The van der Waals surface area contributed by atoms with Crippen molar-refractivity contribution in [2.24, 2.45) is 0 Å². The van der Waals surface area contributed by atoms with Crippen LogP contribution in [-0.2, 0) is 21.5 Å². The van der Waals surface area contributed by atoms with E-state index >= 15 is 0 Å². The van der Waals surface area contributed by atoms with E-state index in [4.69, 9.17) is 14.2 Å². The van der Waals surface area contributed by atoms with E-state index < -0.39 is 17.7 Å². The summed E-state index contributed by atoms with van der Waals surface area (Å²) >= 11 is 0. The predicted octanol–water partition coefficient (Wildman–Crippen LogP) is 6.41. The standard InChI is InChI=1S/C33H37NO6/c1-20(2)40-24-15-12-21(13-16-24)29-28(30(35)25-18-23(33(3,4)5)14-17-27(25)39-7)31(36)32(37)34(29)19-22-10-8-9-11-26(22)38-6/h8-18,20,29,35H,19H2,1-7H3/b30-28+. The van der Waals surface area contributed by atoms with Crippen LogP contribution in [0.15, 0.2) is 72.3 Å². The number of benzene rings is 3. The minimum atomic E-state index is -0.846. The van der Waals surface area contributed by atoms with Gasteiger partial charge in [-0.1, -0.05) is 57.2 Å². The van der Waals surface area contributed by atoms with Crippen molar-refractivity contribution in [3.63, 3.8) is 0 Å². The number of aliphatic hydroxyl groups excluding tert-OH is 1. The van der Waals surface area contributed by atoms with Crippen LogP contribution in [0.4, 0.5) is 0 Å². The zero-order chi connectivity index (χ0) is 29.2. The molecule has 1 aliphatic heterocycles. The lowest BCUT2D eigenvalue weighted by Gasteiger charge is -2.27. The number of likely N-dealkylation sites (tertiary alicyclic amines) is 1. The molecule has 0 aliphatic carbocycles. The second-order valence-corrected chi connectivity index (χ2v) is 11.1. The van der Waals surface area contributed by atoms with Crippen LogP contribution in [0, 0.1) is 0 Å². The van der Waals surface area contributed by atoms with Gasteiger partial charge in [0.05, 0.1) is 44.0 Å². The number of hydrogen-bond acceptors (Lipinski definition) is 6. The second-order valence-electron chi connectivity index (χ2n) is 11.1. The molecule has 1 saturated heterocycles. The Morgan fingerprint density at radius 3 is 2.17 bits per heavy atom. The molecule has 1 atom stereocenters. The van der Waals surface area contributed by atoms with Gasteiger partial charge in [-0.3, -0.25) is 9.59 Å². The molecule has 0 radical (unpaired) electrons. The van der Waals surface area contributed by atoms with Crippen LogP contribution in [0.25, 0.3) is 5.76 Å². The highest BCUT2D eigenvalue weighted by molar-refractivity contribution is 6.46. The van der Waals surface area contributed by atoms with E-state index in [2.05, 4.69) is 20.8 Å². The van der Waals surface area contributed by atoms with Crippen molar-refractivity contribution in [3.05, 3.63) is 94.6 Å². The number of aliphatic hydroxyl groups is 1. The van der Waals surface area contributed by atoms with Crippen molar-refractivity contribution in [1.29, 1.82) is 0 Å². The maximum Gasteiger partial charge on any atom is 0.295 e. The summed E-state index contributed by atoms with van der Waals surface area (Å²) in [4.78, 5) is 28.7. The van der Waals surface area contributed by atoms with E-state index in [0.29, 0.717) is 28.4 Å². The SMILES string of the molecule is COc1ccccc1CN1C(=O)C(=O)/C(=C(/O)c2cc(C(C)(C)C)ccc2OC)C1c1ccc(OC(C)C)cc1. The topological polar surface area (TPSA) is 85.3 Å². The van der Waals surface area contributed by atoms with Gasteiger partial charge < -0.3 is 24.2 Å². The zero-order valence-electron chi connectivity index (χ0n) is 24.1. The Labute approximate surface area is 236 Å². The second kappa shape index (κ2) is 11.5. The molecule has 1 N–H and O–H groups in total. The summed E-state index contributed by atoms with van der Waals surface area (Å²) in [5.41, 5.74) is 2.49. The first-order valence-electron chi connectivity index (χ1n) is 13.3. The largest absolute Gasteiger partial charge is 0.507 e. The van der Waals surface area contributed by atoms with Gasteiger partial charge >= 0.3 is 0 Å². The van der Waals surface area contributed by atoms with E-state index in [1.807, 2.05) is 62.4 Å². The number of methoxy groups -OCH3 is 2. The summed E-state index contributed by atoms with van der Waals surface area (Å²) in [5, 5.41) is 11.8. The molecule has 3 aromatic rings. The summed E-state index contributed by atoms with van der Waals surface area (Å²) in [5.74, 6) is -0.0745. The molecule has 0 aromatic heterocycles. The maximum atomic E-state index is 13.6. The smallest absolute Gasteiger partial charge is 0.295 e. The van der Waals surface area contributed by atoms with E-state index in [9.17, 15) is 14.7 Å². The van der Waals surface area contributed by atoms with Gasteiger partial charge in [0.15, 0.2) is 0 Å². The van der Waals surface area contributed by atoms with Crippen molar-refractivity contribution in [2.45, 2.75) is 58.7 Å². The molecule has 1 fully saturated rings. The average Bonchev–Trinajstić information content (AvgIpc) is 3.17. The summed E-state index contributed by atoms with van der Waals surface area (Å²) in [6.07, 6.45) is -0.00964.